The van der Waals surface area contributed by atoms with Crippen molar-refractivity contribution >= 4 is 5.91 Å². The monoisotopic (exact) mass is 410 g/mol. The van der Waals surface area contributed by atoms with E-state index in [0.29, 0.717) is 39.0 Å². The van der Waals surface area contributed by atoms with Gasteiger partial charge in [0.15, 0.2) is 0 Å². The fourth-order valence-electron chi connectivity index (χ4n) is 3.98. The summed E-state index contributed by atoms with van der Waals surface area (Å²) in [6.07, 6.45) is 2.64. The summed E-state index contributed by atoms with van der Waals surface area (Å²) in [5, 5.41) is 0. The molecule has 0 unspecified atom stereocenters. The maximum atomic E-state index is 13.4. The van der Waals surface area contributed by atoms with Crippen molar-refractivity contribution in [1.29, 1.82) is 0 Å². The van der Waals surface area contributed by atoms with Crippen LogP contribution in [0, 0.1) is 11.6 Å². The van der Waals surface area contributed by atoms with Gasteiger partial charge in [0.25, 0.3) is 0 Å². The number of rotatable bonds is 6. The van der Waals surface area contributed by atoms with Crippen LogP contribution in [0.25, 0.3) is 0 Å². The van der Waals surface area contributed by atoms with E-state index in [1.165, 1.54) is 24.3 Å². The largest absolute Gasteiger partial charge is 0.469 e. The van der Waals surface area contributed by atoms with Crippen LogP contribution in [0.15, 0.2) is 71.3 Å². The van der Waals surface area contributed by atoms with Crippen molar-refractivity contribution in [3.8, 4) is 0 Å². The summed E-state index contributed by atoms with van der Waals surface area (Å²) < 4.78 is 32.2. The van der Waals surface area contributed by atoms with E-state index < -0.39 is 0 Å². The van der Waals surface area contributed by atoms with Crippen LogP contribution in [-0.4, -0.2) is 41.9 Å². The number of furan rings is 1. The lowest BCUT2D eigenvalue weighted by molar-refractivity contribution is -0.133. The molecule has 2 aromatic carbocycles. The second-order valence-corrected chi connectivity index (χ2v) is 7.50. The number of benzene rings is 2. The van der Waals surface area contributed by atoms with Crippen LogP contribution in [0.3, 0.4) is 0 Å². The van der Waals surface area contributed by atoms with Gasteiger partial charge in [0.1, 0.15) is 17.4 Å². The van der Waals surface area contributed by atoms with Gasteiger partial charge in [0.2, 0.25) is 5.91 Å². The second kappa shape index (κ2) is 9.22. The van der Waals surface area contributed by atoms with Gasteiger partial charge >= 0.3 is 0 Å². The Morgan fingerprint density at radius 3 is 1.93 bits per heavy atom. The number of hydrogen-bond donors (Lipinski definition) is 0. The molecule has 0 radical (unpaired) electrons. The average molecular weight is 410 g/mol. The van der Waals surface area contributed by atoms with Gasteiger partial charge < -0.3 is 9.32 Å². The third-order valence-electron chi connectivity index (χ3n) is 5.57. The molecule has 3 aromatic rings. The SMILES string of the molecule is O=C(CCc1ccco1)N1CCN(C(c2ccc(F)cc2)c2ccc(F)cc2)CC1. The van der Waals surface area contributed by atoms with Gasteiger partial charge in [0.05, 0.1) is 12.3 Å². The van der Waals surface area contributed by atoms with Crippen LogP contribution in [0.4, 0.5) is 8.78 Å². The Bertz CT molecular complexity index is 902. The Balaban J connectivity index is 1.44. The van der Waals surface area contributed by atoms with Crippen molar-refractivity contribution in [1.82, 2.24) is 9.80 Å². The minimum absolute atomic E-state index is 0.117. The molecule has 1 aromatic heterocycles. The van der Waals surface area contributed by atoms with E-state index >= 15 is 0 Å². The maximum absolute atomic E-state index is 13.4. The molecule has 0 spiro atoms. The quantitative estimate of drug-likeness (QED) is 0.604. The van der Waals surface area contributed by atoms with Crippen molar-refractivity contribution in [2.45, 2.75) is 18.9 Å². The van der Waals surface area contributed by atoms with Crippen LogP contribution >= 0.6 is 0 Å². The number of hydrogen-bond acceptors (Lipinski definition) is 3. The number of piperazine rings is 1. The van der Waals surface area contributed by atoms with Crippen molar-refractivity contribution in [2.24, 2.45) is 0 Å². The molecule has 1 fully saturated rings. The maximum Gasteiger partial charge on any atom is 0.223 e. The summed E-state index contributed by atoms with van der Waals surface area (Å²) in [6, 6.07) is 16.4. The van der Waals surface area contributed by atoms with Gasteiger partial charge in [-0.05, 0) is 47.5 Å². The minimum Gasteiger partial charge on any atom is -0.469 e. The molecule has 6 heteroatoms. The predicted molar refractivity (Wildman–Crippen MR) is 110 cm³/mol. The van der Waals surface area contributed by atoms with E-state index in [1.807, 2.05) is 17.0 Å². The van der Waals surface area contributed by atoms with Crippen molar-refractivity contribution in [3.05, 3.63) is 95.4 Å². The standard InChI is InChI=1S/C24H24F2N2O2/c25-20-7-3-18(4-8-20)24(19-5-9-21(26)10-6-19)28-15-13-27(14-16-28)23(29)12-11-22-2-1-17-30-22/h1-10,17,24H,11-16H2. The molecule has 0 saturated carbocycles. The Morgan fingerprint density at radius 1 is 0.867 bits per heavy atom. The number of nitrogens with zero attached hydrogens (tertiary/aromatic N) is 2. The van der Waals surface area contributed by atoms with Crippen LogP contribution in [0.2, 0.25) is 0 Å². The van der Waals surface area contributed by atoms with Crippen molar-refractivity contribution in [3.63, 3.8) is 0 Å². The predicted octanol–water partition coefficient (Wildman–Crippen LogP) is 4.42. The van der Waals surface area contributed by atoms with E-state index in [2.05, 4.69) is 4.90 Å². The highest BCUT2D eigenvalue weighted by Gasteiger charge is 2.28. The molecule has 0 N–H and O–H groups in total. The molecule has 2 heterocycles. The highest BCUT2D eigenvalue weighted by Crippen LogP contribution is 2.30. The highest BCUT2D eigenvalue weighted by molar-refractivity contribution is 5.76. The molecule has 1 aliphatic heterocycles. The number of carbonyl (C=O) groups excluding carboxylic acids is 1. The van der Waals surface area contributed by atoms with Gasteiger partial charge in [-0.15, -0.1) is 0 Å². The molecule has 1 aliphatic rings. The Labute approximate surface area is 174 Å². The van der Waals surface area contributed by atoms with Crippen LogP contribution in [-0.2, 0) is 11.2 Å². The number of halogens is 2. The zero-order valence-corrected chi connectivity index (χ0v) is 16.6. The molecule has 156 valence electrons. The first kappa shape index (κ1) is 20.3. The lowest BCUT2D eigenvalue weighted by Crippen LogP contribution is -2.49. The molecule has 1 saturated heterocycles. The first-order chi connectivity index (χ1) is 14.6. The average Bonchev–Trinajstić information content (AvgIpc) is 3.29. The molecule has 30 heavy (non-hydrogen) atoms. The molecular formula is C24H24F2N2O2. The van der Waals surface area contributed by atoms with Gasteiger partial charge in [-0.25, -0.2) is 8.78 Å². The lowest BCUT2D eigenvalue weighted by atomic mass is 9.96. The number of amides is 1. The summed E-state index contributed by atoms with van der Waals surface area (Å²) in [6.45, 7) is 2.61. The fourth-order valence-corrected chi connectivity index (χ4v) is 3.98. The van der Waals surface area contributed by atoms with Crippen molar-refractivity contribution < 1.29 is 18.0 Å². The molecule has 1 amide bonds. The van der Waals surface area contributed by atoms with E-state index in [4.69, 9.17) is 4.42 Å². The van der Waals surface area contributed by atoms with E-state index in [9.17, 15) is 13.6 Å². The molecule has 4 nitrogen and oxygen atoms in total. The summed E-state index contributed by atoms with van der Waals surface area (Å²) in [7, 11) is 0. The van der Waals surface area contributed by atoms with E-state index in [-0.39, 0.29) is 23.6 Å². The van der Waals surface area contributed by atoms with Crippen LogP contribution in [0.5, 0.6) is 0 Å². The molecule has 0 aliphatic carbocycles. The topological polar surface area (TPSA) is 36.7 Å². The lowest BCUT2D eigenvalue weighted by Gasteiger charge is -2.40. The van der Waals surface area contributed by atoms with Gasteiger partial charge in [-0.2, -0.15) is 0 Å². The summed E-state index contributed by atoms with van der Waals surface area (Å²) in [4.78, 5) is 16.7. The third-order valence-corrected chi connectivity index (χ3v) is 5.57. The van der Waals surface area contributed by atoms with Crippen molar-refractivity contribution in [2.75, 3.05) is 26.2 Å². The summed E-state index contributed by atoms with van der Waals surface area (Å²) >= 11 is 0. The second-order valence-electron chi connectivity index (χ2n) is 7.50. The minimum atomic E-state index is -0.288. The van der Waals surface area contributed by atoms with Crippen LogP contribution in [0.1, 0.15) is 29.3 Å². The summed E-state index contributed by atoms with van der Waals surface area (Å²) in [5.41, 5.74) is 1.89. The van der Waals surface area contributed by atoms with Gasteiger partial charge in [-0.3, -0.25) is 9.69 Å². The molecule has 0 atom stereocenters. The normalized spacial score (nSPS) is 15.0. The first-order valence-corrected chi connectivity index (χ1v) is 10.2. The Morgan fingerprint density at radius 2 is 1.43 bits per heavy atom. The summed E-state index contributed by atoms with van der Waals surface area (Å²) in [5.74, 6) is 0.355. The number of aryl methyl sites for hydroxylation is 1. The molecule has 4 rings (SSSR count). The molecular weight excluding hydrogens is 386 g/mol. The highest BCUT2D eigenvalue weighted by atomic mass is 19.1. The van der Waals surface area contributed by atoms with Crippen LogP contribution < -0.4 is 0 Å². The van der Waals surface area contributed by atoms with E-state index in [1.54, 1.807) is 30.5 Å². The van der Waals surface area contributed by atoms with Gasteiger partial charge in [0, 0.05) is 39.0 Å². The zero-order valence-electron chi connectivity index (χ0n) is 16.6. The molecule has 0 bridgehead atoms. The number of carbonyl (C=O) groups is 1. The Hall–Kier alpha value is -2.99. The zero-order chi connectivity index (χ0) is 20.9. The first-order valence-electron chi connectivity index (χ1n) is 10.2. The fraction of sp³-hybridized carbons (Fsp3) is 0.292. The Kier molecular flexibility index (Phi) is 6.23. The van der Waals surface area contributed by atoms with E-state index in [0.717, 1.165) is 16.9 Å². The van der Waals surface area contributed by atoms with Gasteiger partial charge in [-0.1, -0.05) is 24.3 Å². The third kappa shape index (κ3) is 4.76. The smallest absolute Gasteiger partial charge is 0.223 e.